The predicted octanol–water partition coefficient (Wildman–Crippen LogP) is 2.90. The molecule has 3 rings (SSSR count). The van der Waals surface area contributed by atoms with E-state index in [4.69, 9.17) is 0 Å². The first-order chi connectivity index (χ1) is 12.9. The van der Waals surface area contributed by atoms with Gasteiger partial charge in [0.05, 0.1) is 5.69 Å². The Morgan fingerprint density at radius 1 is 1.11 bits per heavy atom. The number of hydrogen-bond donors (Lipinski definition) is 0. The third-order valence-corrected chi connectivity index (χ3v) is 5.44. The number of aromatic nitrogens is 2. The molecule has 0 saturated carbocycles. The summed E-state index contributed by atoms with van der Waals surface area (Å²) < 4.78 is 1.84. The van der Waals surface area contributed by atoms with Crippen molar-refractivity contribution in [2.45, 2.75) is 39.7 Å². The Morgan fingerprint density at radius 3 is 2.26 bits per heavy atom. The van der Waals surface area contributed by atoms with Crippen molar-refractivity contribution in [1.29, 1.82) is 0 Å². The minimum absolute atomic E-state index is 0.0200. The standard InChI is InChI=1S/C21H28N4O2/c1-15(2)23(4)20(26)18-10-13-24(14-11-18)21(27)17-5-7-19(8-6-17)25-16(3)9-12-22-25/h5-9,12,15,18H,10-11,13-14H2,1-4H3. The summed E-state index contributed by atoms with van der Waals surface area (Å²) in [6.45, 7) is 7.28. The Labute approximate surface area is 160 Å². The van der Waals surface area contributed by atoms with Crippen LogP contribution in [0.2, 0.25) is 0 Å². The van der Waals surface area contributed by atoms with Gasteiger partial charge in [0.25, 0.3) is 5.91 Å². The minimum Gasteiger partial charge on any atom is -0.343 e. The van der Waals surface area contributed by atoms with Crippen LogP contribution >= 0.6 is 0 Å². The molecule has 27 heavy (non-hydrogen) atoms. The summed E-state index contributed by atoms with van der Waals surface area (Å²) in [5.41, 5.74) is 2.66. The molecule has 1 aromatic carbocycles. The molecule has 1 saturated heterocycles. The van der Waals surface area contributed by atoms with Crippen molar-refractivity contribution in [3.63, 3.8) is 0 Å². The smallest absolute Gasteiger partial charge is 0.253 e. The molecule has 0 spiro atoms. The van der Waals surface area contributed by atoms with Gasteiger partial charge in [0, 0.05) is 49.6 Å². The minimum atomic E-state index is 0.0200. The summed E-state index contributed by atoms with van der Waals surface area (Å²) in [6, 6.07) is 9.68. The van der Waals surface area contributed by atoms with E-state index in [1.54, 1.807) is 11.1 Å². The zero-order chi connectivity index (χ0) is 19.6. The lowest BCUT2D eigenvalue weighted by molar-refractivity contribution is -0.137. The molecule has 0 radical (unpaired) electrons. The van der Waals surface area contributed by atoms with Gasteiger partial charge in [0.1, 0.15) is 0 Å². The molecule has 1 aromatic heterocycles. The second kappa shape index (κ2) is 7.94. The van der Waals surface area contributed by atoms with Gasteiger partial charge in [0.2, 0.25) is 5.91 Å². The van der Waals surface area contributed by atoms with Gasteiger partial charge in [-0.3, -0.25) is 9.59 Å². The van der Waals surface area contributed by atoms with Crippen LogP contribution < -0.4 is 0 Å². The normalized spacial score (nSPS) is 15.2. The van der Waals surface area contributed by atoms with Crippen LogP contribution in [0.5, 0.6) is 0 Å². The summed E-state index contributed by atoms with van der Waals surface area (Å²) >= 11 is 0. The zero-order valence-corrected chi connectivity index (χ0v) is 16.6. The first kappa shape index (κ1) is 19.1. The van der Waals surface area contributed by atoms with Gasteiger partial charge in [-0.2, -0.15) is 5.10 Å². The number of amides is 2. The molecule has 1 fully saturated rings. The molecule has 0 atom stereocenters. The number of aryl methyl sites for hydroxylation is 1. The van der Waals surface area contributed by atoms with Gasteiger partial charge in [-0.1, -0.05) is 0 Å². The van der Waals surface area contributed by atoms with Gasteiger partial charge in [-0.15, -0.1) is 0 Å². The largest absolute Gasteiger partial charge is 0.343 e. The van der Waals surface area contributed by atoms with Crippen molar-refractivity contribution < 1.29 is 9.59 Å². The van der Waals surface area contributed by atoms with Crippen molar-refractivity contribution >= 4 is 11.8 Å². The summed E-state index contributed by atoms with van der Waals surface area (Å²) in [7, 11) is 1.85. The van der Waals surface area contributed by atoms with Crippen molar-refractivity contribution in [3.8, 4) is 5.69 Å². The molecule has 0 aliphatic carbocycles. The van der Waals surface area contributed by atoms with E-state index in [0.29, 0.717) is 18.7 Å². The van der Waals surface area contributed by atoms with E-state index >= 15 is 0 Å². The van der Waals surface area contributed by atoms with E-state index in [-0.39, 0.29) is 23.8 Å². The second-order valence-corrected chi connectivity index (χ2v) is 7.54. The Balaban J connectivity index is 1.61. The van der Waals surface area contributed by atoms with Gasteiger partial charge in [-0.25, -0.2) is 4.68 Å². The van der Waals surface area contributed by atoms with Crippen LogP contribution in [0.1, 0.15) is 42.7 Å². The highest BCUT2D eigenvalue weighted by atomic mass is 16.2. The van der Waals surface area contributed by atoms with E-state index in [0.717, 1.165) is 24.2 Å². The number of carbonyl (C=O) groups is 2. The number of benzene rings is 1. The van der Waals surface area contributed by atoms with Crippen LogP contribution in [-0.2, 0) is 4.79 Å². The van der Waals surface area contributed by atoms with Crippen molar-refractivity contribution in [2.75, 3.05) is 20.1 Å². The lowest BCUT2D eigenvalue weighted by Crippen LogP contribution is -2.45. The lowest BCUT2D eigenvalue weighted by Gasteiger charge is -2.34. The third-order valence-electron chi connectivity index (χ3n) is 5.44. The fourth-order valence-electron chi connectivity index (χ4n) is 3.44. The van der Waals surface area contributed by atoms with Gasteiger partial charge >= 0.3 is 0 Å². The third kappa shape index (κ3) is 4.04. The van der Waals surface area contributed by atoms with Gasteiger partial charge in [0.15, 0.2) is 0 Å². The Hall–Kier alpha value is -2.63. The van der Waals surface area contributed by atoms with Crippen molar-refractivity contribution in [2.24, 2.45) is 5.92 Å². The Bertz CT molecular complexity index is 802. The molecule has 2 aromatic rings. The quantitative estimate of drug-likeness (QED) is 0.834. The number of nitrogens with zero attached hydrogens (tertiary/aromatic N) is 4. The van der Waals surface area contributed by atoms with E-state index in [1.165, 1.54) is 0 Å². The molecule has 2 amide bonds. The molecular formula is C21H28N4O2. The molecule has 144 valence electrons. The SMILES string of the molecule is Cc1ccnn1-c1ccc(C(=O)N2CCC(C(=O)N(C)C(C)C)CC2)cc1. The highest BCUT2D eigenvalue weighted by molar-refractivity contribution is 5.94. The van der Waals surface area contributed by atoms with Crippen LogP contribution in [0.4, 0.5) is 0 Å². The average molecular weight is 368 g/mol. The van der Waals surface area contributed by atoms with Crippen LogP contribution in [0.25, 0.3) is 5.69 Å². The van der Waals surface area contributed by atoms with Crippen LogP contribution in [0.15, 0.2) is 36.5 Å². The lowest BCUT2D eigenvalue weighted by atomic mass is 9.94. The topological polar surface area (TPSA) is 58.4 Å². The summed E-state index contributed by atoms with van der Waals surface area (Å²) in [5.74, 6) is 0.240. The molecule has 1 aliphatic rings. The summed E-state index contributed by atoms with van der Waals surface area (Å²) in [4.78, 5) is 28.9. The maximum absolute atomic E-state index is 12.8. The Kier molecular flexibility index (Phi) is 5.63. The number of rotatable bonds is 4. The number of piperidine rings is 1. The van der Waals surface area contributed by atoms with E-state index in [1.807, 2.05) is 67.7 Å². The number of likely N-dealkylation sites (tertiary alicyclic amines) is 1. The molecule has 0 N–H and O–H groups in total. The van der Waals surface area contributed by atoms with Crippen molar-refractivity contribution in [1.82, 2.24) is 19.6 Å². The maximum atomic E-state index is 12.8. The van der Waals surface area contributed by atoms with Gasteiger partial charge in [-0.05, 0) is 63.9 Å². The monoisotopic (exact) mass is 368 g/mol. The highest BCUT2D eigenvalue weighted by Crippen LogP contribution is 2.22. The molecule has 0 unspecified atom stereocenters. The van der Waals surface area contributed by atoms with Crippen molar-refractivity contribution in [3.05, 3.63) is 47.8 Å². The number of carbonyl (C=O) groups excluding carboxylic acids is 2. The molecule has 6 nitrogen and oxygen atoms in total. The summed E-state index contributed by atoms with van der Waals surface area (Å²) in [6.07, 6.45) is 3.22. The van der Waals surface area contributed by atoms with E-state index in [2.05, 4.69) is 5.10 Å². The maximum Gasteiger partial charge on any atom is 0.253 e. The van der Waals surface area contributed by atoms with E-state index in [9.17, 15) is 9.59 Å². The second-order valence-electron chi connectivity index (χ2n) is 7.54. The summed E-state index contributed by atoms with van der Waals surface area (Å²) in [5, 5.41) is 4.29. The molecular weight excluding hydrogens is 340 g/mol. The van der Waals surface area contributed by atoms with Crippen LogP contribution in [-0.4, -0.2) is 57.6 Å². The predicted molar refractivity (Wildman–Crippen MR) is 105 cm³/mol. The first-order valence-corrected chi connectivity index (χ1v) is 9.55. The fraction of sp³-hybridized carbons (Fsp3) is 0.476. The van der Waals surface area contributed by atoms with E-state index < -0.39 is 0 Å². The molecule has 2 heterocycles. The molecule has 0 bridgehead atoms. The Morgan fingerprint density at radius 2 is 1.74 bits per heavy atom. The fourth-order valence-corrected chi connectivity index (χ4v) is 3.44. The van der Waals surface area contributed by atoms with Gasteiger partial charge < -0.3 is 9.80 Å². The zero-order valence-electron chi connectivity index (χ0n) is 16.6. The first-order valence-electron chi connectivity index (χ1n) is 9.55. The average Bonchev–Trinajstić information content (AvgIpc) is 3.12. The van der Waals surface area contributed by atoms with Crippen LogP contribution in [0, 0.1) is 12.8 Å². The number of hydrogen-bond acceptors (Lipinski definition) is 3. The van der Waals surface area contributed by atoms with Crippen LogP contribution in [0.3, 0.4) is 0 Å². The molecule has 1 aliphatic heterocycles. The highest BCUT2D eigenvalue weighted by Gasteiger charge is 2.30. The molecule has 6 heteroatoms.